The van der Waals surface area contributed by atoms with E-state index in [4.69, 9.17) is 24.4 Å². The molecule has 0 heterocycles. The summed E-state index contributed by atoms with van der Waals surface area (Å²) in [5.74, 6) is -13.3. The van der Waals surface area contributed by atoms with Gasteiger partial charge in [0.25, 0.3) is 0 Å². The van der Waals surface area contributed by atoms with Gasteiger partial charge in [0.2, 0.25) is 0 Å². The SMILES string of the molecule is CC(C)(C)Oc1ccc(C(=O)O)cc1.CCOC(=O)C(F)(F)C(O)C(C)C.CCOC(=O)C(F)(F)C(OC(=O)c1ccc(OC(C)(C)C)cc1)C(C)C. The zero-order valence-corrected chi connectivity index (χ0v) is 32.4. The molecule has 2 aromatic carbocycles. The second-order valence-corrected chi connectivity index (χ2v) is 14.2. The van der Waals surface area contributed by atoms with Crippen LogP contribution in [0.2, 0.25) is 0 Å². The Morgan fingerprint density at radius 3 is 1.28 bits per heavy atom. The number of aromatic carboxylic acids is 1. The van der Waals surface area contributed by atoms with Crippen molar-refractivity contribution in [2.45, 2.75) is 118 Å². The van der Waals surface area contributed by atoms with E-state index in [1.54, 1.807) is 24.3 Å². The Balaban J connectivity index is 0.000000843. The Kier molecular flexibility index (Phi) is 19.0. The smallest absolute Gasteiger partial charge is 0.381 e. The van der Waals surface area contributed by atoms with Crippen LogP contribution in [0.25, 0.3) is 0 Å². The molecule has 300 valence electrons. The number of carboxylic acid groups (broad SMARTS) is 1. The normalized spacial score (nSPS) is 13.0. The van der Waals surface area contributed by atoms with Gasteiger partial charge in [-0.25, -0.2) is 19.2 Å². The molecule has 15 heteroatoms. The lowest BCUT2D eigenvalue weighted by Gasteiger charge is -2.28. The number of carboxylic acids is 1. The number of carbonyl (C=O) groups is 4. The van der Waals surface area contributed by atoms with Crippen LogP contribution in [0, 0.1) is 11.8 Å². The summed E-state index contributed by atoms with van der Waals surface area (Å²) in [7, 11) is 0. The van der Waals surface area contributed by atoms with Gasteiger partial charge in [-0.1, -0.05) is 27.7 Å². The monoisotopic (exact) mass is 762 g/mol. The fourth-order valence-corrected chi connectivity index (χ4v) is 3.95. The Bertz CT molecular complexity index is 1440. The maximum atomic E-state index is 14.3. The zero-order valence-electron chi connectivity index (χ0n) is 32.4. The molecule has 2 rings (SSSR count). The van der Waals surface area contributed by atoms with E-state index >= 15 is 0 Å². The quantitative estimate of drug-likeness (QED) is 0.116. The molecule has 0 radical (unpaired) electrons. The molecule has 0 saturated heterocycles. The molecule has 0 aliphatic heterocycles. The second-order valence-electron chi connectivity index (χ2n) is 14.2. The molecule has 0 spiro atoms. The van der Waals surface area contributed by atoms with Gasteiger partial charge in [0.1, 0.15) is 28.8 Å². The topological polar surface area (TPSA) is 155 Å². The lowest BCUT2D eigenvalue weighted by molar-refractivity contribution is -0.193. The highest BCUT2D eigenvalue weighted by Gasteiger charge is 2.53. The minimum Gasteiger partial charge on any atom is -0.488 e. The molecule has 0 aromatic heterocycles. The highest BCUT2D eigenvalue weighted by Crippen LogP contribution is 2.30. The van der Waals surface area contributed by atoms with Crippen LogP contribution < -0.4 is 9.47 Å². The molecule has 2 atom stereocenters. The van der Waals surface area contributed by atoms with Crippen molar-refractivity contribution in [2.24, 2.45) is 11.8 Å². The minimum absolute atomic E-state index is 0.0802. The molecule has 2 unspecified atom stereocenters. The predicted molar refractivity (Wildman–Crippen MR) is 189 cm³/mol. The summed E-state index contributed by atoms with van der Waals surface area (Å²) in [6.07, 6.45) is -3.92. The van der Waals surface area contributed by atoms with Crippen LogP contribution in [0.3, 0.4) is 0 Å². The molecule has 2 N–H and O–H groups in total. The summed E-state index contributed by atoms with van der Waals surface area (Å²) in [5.41, 5.74) is -0.320. The number of hydrogen-bond donors (Lipinski definition) is 2. The standard InChI is InChI=1S/C19H26F2O5.C11H14O3.C8H14F2O3/c1-7-24-17(23)19(20,21)15(12(2)3)25-16(22)13-8-10-14(11-9-13)26-18(4,5)6;1-11(2,3)14-9-6-4-8(5-7-9)10(12)13;1-4-13-7(12)8(9,10)6(11)5(2)3/h8-12,15H,7H2,1-6H3;4-7H,1-3H3,(H,12,13);5-6,11H,4H2,1-3H3. The van der Waals surface area contributed by atoms with Gasteiger partial charge in [-0.15, -0.1) is 0 Å². The second kappa shape index (κ2) is 20.7. The highest BCUT2D eigenvalue weighted by molar-refractivity contribution is 5.90. The first-order valence-corrected chi connectivity index (χ1v) is 16.9. The van der Waals surface area contributed by atoms with E-state index in [9.17, 15) is 36.7 Å². The van der Waals surface area contributed by atoms with Crippen LogP contribution in [-0.2, 0) is 23.8 Å². The third-order valence-electron chi connectivity index (χ3n) is 6.33. The van der Waals surface area contributed by atoms with Crippen LogP contribution in [0.4, 0.5) is 17.6 Å². The minimum atomic E-state index is -3.94. The lowest BCUT2D eigenvalue weighted by atomic mass is 10.0. The van der Waals surface area contributed by atoms with E-state index in [-0.39, 0.29) is 29.9 Å². The molecule has 0 saturated carbocycles. The van der Waals surface area contributed by atoms with Crippen LogP contribution >= 0.6 is 0 Å². The maximum Gasteiger partial charge on any atom is 0.381 e. The van der Waals surface area contributed by atoms with E-state index < -0.39 is 65.4 Å². The lowest BCUT2D eigenvalue weighted by Crippen LogP contribution is -2.48. The van der Waals surface area contributed by atoms with E-state index in [1.165, 1.54) is 65.8 Å². The summed E-state index contributed by atoms with van der Waals surface area (Å²) in [6.45, 7) is 19.7. The summed E-state index contributed by atoms with van der Waals surface area (Å²) < 4.78 is 79.0. The van der Waals surface area contributed by atoms with Gasteiger partial charge in [0.15, 0.2) is 6.10 Å². The van der Waals surface area contributed by atoms with Crippen molar-refractivity contribution in [1.82, 2.24) is 0 Å². The van der Waals surface area contributed by atoms with Gasteiger partial charge in [-0.2, -0.15) is 17.6 Å². The number of benzene rings is 2. The average Bonchev–Trinajstić information content (AvgIpc) is 3.02. The van der Waals surface area contributed by atoms with Crippen molar-refractivity contribution in [1.29, 1.82) is 0 Å². The van der Waals surface area contributed by atoms with Gasteiger partial charge in [0.05, 0.1) is 24.3 Å². The first-order valence-electron chi connectivity index (χ1n) is 16.9. The molecular weight excluding hydrogens is 708 g/mol. The molecular formula is C38H54F4O11. The van der Waals surface area contributed by atoms with Gasteiger partial charge >= 0.3 is 35.7 Å². The molecule has 0 aliphatic carbocycles. The van der Waals surface area contributed by atoms with Crippen LogP contribution in [0.15, 0.2) is 48.5 Å². The summed E-state index contributed by atoms with van der Waals surface area (Å²) in [6, 6.07) is 12.3. The van der Waals surface area contributed by atoms with Crippen molar-refractivity contribution in [3.05, 3.63) is 59.7 Å². The highest BCUT2D eigenvalue weighted by atomic mass is 19.3. The Hall–Kier alpha value is -4.40. The van der Waals surface area contributed by atoms with Gasteiger partial charge in [-0.05, 0) is 116 Å². The molecule has 2 aromatic rings. The first kappa shape index (κ1) is 48.6. The van der Waals surface area contributed by atoms with Crippen LogP contribution in [0.5, 0.6) is 11.5 Å². The van der Waals surface area contributed by atoms with Gasteiger partial charge < -0.3 is 33.9 Å². The molecule has 11 nitrogen and oxygen atoms in total. The molecule has 0 amide bonds. The van der Waals surface area contributed by atoms with Gasteiger partial charge in [-0.3, -0.25) is 0 Å². The van der Waals surface area contributed by atoms with Crippen molar-refractivity contribution < 1.29 is 70.6 Å². The number of rotatable bonds is 13. The number of carbonyl (C=O) groups excluding carboxylic acids is 3. The number of alkyl halides is 4. The van der Waals surface area contributed by atoms with Crippen molar-refractivity contribution in [3.63, 3.8) is 0 Å². The maximum absolute atomic E-state index is 14.3. The molecule has 0 fully saturated rings. The predicted octanol–water partition coefficient (Wildman–Crippen LogP) is 8.01. The number of esters is 3. The summed E-state index contributed by atoms with van der Waals surface area (Å²) in [4.78, 5) is 45.0. The largest absolute Gasteiger partial charge is 0.488 e. The fraction of sp³-hybridized carbons (Fsp3) is 0.579. The summed E-state index contributed by atoms with van der Waals surface area (Å²) in [5, 5.41) is 17.7. The summed E-state index contributed by atoms with van der Waals surface area (Å²) >= 11 is 0. The Morgan fingerprint density at radius 2 is 0.981 bits per heavy atom. The van der Waals surface area contributed by atoms with Crippen molar-refractivity contribution in [3.8, 4) is 11.5 Å². The third kappa shape index (κ3) is 17.3. The molecule has 0 bridgehead atoms. The number of ether oxygens (including phenoxy) is 5. The molecule has 0 aliphatic rings. The zero-order chi connectivity index (χ0) is 41.5. The third-order valence-corrected chi connectivity index (χ3v) is 6.33. The van der Waals surface area contributed by atoms with E-state index in [2.05, 4.69) is 9.47 Å². The van der Waals surface area contributed by atoms with Gasteiger partial charge in [0, 0.05) is 0 Å². The van der Waals surface area contributed by atoms with Crippen LogP contribution in [0.1, 0.15) is 104 Å². The van der Waals surface area contributed by atoms with E-state index in [1.807, 2.05) is 41.5 Å². The number of aliphatic hydroxyl groups excluding tert-OH is 1. The van der Waals surface area contributed by atoms with Crippen molar-refractivity contribution >= 4 is 23.9 Å². The Morgan fingerprint density at radius 1 is 0.623 bits per heavy atom. The van der Waals surface area contributed by atoms with E-state index in [0.717, 1.165) is 0 Å². The average molecular weight is 763 g/mol. The number of aliphatic hydroxyl groups is 1. The van der Waals surface area contributed by atoms with Crippen LogP contribution in [-0.4, -0.2) is 82.6 Å². The Labute approximate surface area is 308 Å². The van der Waals surface area contributed by atoms with E-state index in [0.29, 0.717) is 11.5 Å². The first-order chi connectivity index (χ1) is 24.1. The molecule has 53 heavy (non-hydrogen) atoms. The van der Waals surface area contributed by atoms with Crippen molar-refractivity contribution in [2.75, 3.05) is 13.2 Å². The fourth-order valence-electron chi connectivity index (χ4n) is 3.95. The number of hydrogen-bond acceptors (Lipinski definition) is 10. The number of halogens is 4.